The Kier molecular flexibility index (Phi) is 6.65. The fourth-order valence-corrected chi connectivity index (χ4v) is 1.63. The van der Waals surface area contributed by atoms with E-state index < -0.39 is 0 Å². The maximum Gasteiger partial charge on any atom is 0.224 e. The Morgan fingerprint density at radius 3 is 2.81 bits per heavy atom. The van der Waals surface area contributed by atoms with E-state index in [4.69, 9.17) is 0 Å². The standard InChI is InChI=1S/C12H18N2OS/c15-12(7-3-1-2-4-9-16)14-11-6-5-8-13-10-11/h5-6,8,10,16H,1-4,7,9H2,(H,14,15). The normalized spacial score (nSPS) is 10.1. The minimum absolute atomic E-state index is 0.0684. The van der Waals surface area contributed by atoms with Gasteiger partial charge in [-0.15, -0.1) is 0 Å². The quantitative estimate of drug-likeness (QED) is 0.566. The van der Waals surface area contributed by atoms with Crippen molar-refractivity contribution < 1.29 is 4.79 Å². The number of nitrogens with zero attached hydrogens (tertiary/aromatic N) is 1. The third-order valence-electron chi connectivity index (χ3n) is 2.26. The van der Waals surface area contributed by atoms with Crippen LogP contribution >= 0.6 is 12.6 Å². The van der Waals surface area contributed by atoms with Crippen LogP contribution in [0.25, 0.3) is 0 Å². The van der Waals surface area contributed by atoms with Gasteiger partial charge in [-0.3, -0.25) is 9.78 Å². The van der Waals surface area contributed by atoms with Crippen LogP contribution in [0.2, 0.25) is 0 Å². The Labute approximate surface area is 102 Å². The fourth-order valence-electron chi connectivity index (χ4n) is 1.41. The van der Waals surface area contributed by atoms with Gasteiger partial charge in [-0.05, 0) is 30.7 Å². The summed E-state index contributed by atoms with van der Waals surface area (Å²) in [6, 6.07) is 3.65. The van der Waals surface area contributed by atoms with Gasteiger partial charge < -0.3 is 5.32 Å². The summed E-state index contributed by atoms with van der Waals surface area (Å²) in [5, 5.41) is 2.82. The van der Waals surface area contributed by atoms with Gasteiger partial charge in [-0.25, -0.2) is 0 Å². The predicted molar refractivity (Wildman–Crippen MR) is 69.8 cm³/mol. The first kappa shape index (κ1) is 13.0. The molecule has 0 bridgehead atoms. The Morgan fingerprint density at radius 2 is 2.12 bits per heavy atom. The number of hydrogen-bond acceptors (Lipinski definition) is 3. The lowest BCUT2D eigenvalue weighted by Crippen LogP contribution is -2.11. The molecule has 0 spiro atoms. The molecule has 1 N–H and O–H groups in total. The van der Waals surface area contributed by atoms with Crippen LogP contribution in [0.4, 0.5) is 5.69 Å². The minimum atomic E-state index is 0.0684. The third-order valence-corrected chi connectivity index (χ3v) is 2.57. The van der Waals surface area contributed by atoms with Crippen LogP contribution in [-0.4, -0.2) is 16.6 Å². The van der Waals surface area contributed by atoms with Gasteiger partial charge in [0.1, 0.15) is 0 Å². The summed E-state index contributed by atoms with van der Waals surface area (Å²) in [6.07, 6.45) is 8.26. The van der Waals surface area contributed by atoms with Crippen molar-refractivity contribution >= 4 is 24.2 Å². The Morgan fingerprint density at radius 1 is 1.31 bits per heavy atom. The van der Waals surface area contributed by atoms with Crippen molar-refractivity contribution in [1.82, 2.24) is 4.98 Å². The van der Waals surface area contributed by atoms with Gasteiger partial charge in [-0.1, -0.05) is 12.8 Å². The van der Waals surface area contributed by atoms with E-state index in [0.29, 0.717) is 6.42 Å². The molecule has 16 heavy (non-hydrogen) atoms. The van der Waals surface area contributed by atoms with Crippen molar-refractivity contribution in [2.75, 3.05) is 11.1 Å². The van der Waals surface area contributed by atoms with E-state index in [0.717, 1.165) is 37.1 Å². The highest BCUT2D eigenvalue weighted by atomic mass is 32.1. The summed E-state index contributed by atoms with van der Waals surface area (Å²) in [6.45, 7) is 0. The van der Waals surface area contributed by atoms with Crippen LogP contribution in [0.15, 0.2) is 24.5 Å². The maximum absolute atomic E-state index is 11.5. The first-order valence-electron chi connectivity index (χ1n) is 5.63. The molecule has 0 aliphatic carbocycles. The van der Waals surface area contributed by atoms with E-state index in [1.165, 1.54) is 0 Å². The zero-order valence-electron chi connectivity index (χ0n) is 9.35. The van der Waals surface area contributed by atoms with Crippen molar-refractivity contribution in [3.05, 3.63) is 24.5 Å². The van der Waals surface area contributed by atoms with E-state index in [2.05, 4.69) is 22.9 Å². The molecule has 0 atom stereocenters. The van der Waals surface area contributed by atoms with Crippen molar-refractivity contribution in [3.8, 4) is 0 Å². The molecule has 1 aromatic rings. The number of nitrogens with one attached hydrogen (secondary N) is 1. The highest BCUT2D eigenvalue weighted by Crippen LogP contribution is 2.07. The van der Waals surface area contributed by atoms with Crippen molar-refractivity contribution in [1.29, 1.82) is 0 Å². The number of thiol groups is 1. The minimum Gasteiger partial charge on any atom is -0.325 e. The van der Waals surface area contributed by atoms with Crippen molar-refractivity contribution in [2.24, 2.45) is 0 Å². The number of anilines is 1. The lowest BCUT2D eigenvalue weighted by molar-refractivity contribution is -0.116. The molecule has 1 amide bonds. The first-order chi connectivity index (χ1) is 7.83. The molecule has 4 heteroatoms. The lowest BCUT2D eigenvalue weighted by Gasteiger charge is -2.04. The highest BCUT2D eigenvalue weighted by Gasteiger charge is 2.01. The van der Waals surface area contributed by atoms with Crippen LogP contribution < -0.4 is 5.32 Å². The molecule has 1 aromatic heterocycles. The number of amides is 1. The Hall–Kier alpha value is -1.03. The second kappa shape index (κ2) is 8.16. The summed E-state index contributed by atoms with van der Waals surface area (Å²) in [5.41, 5.74) is 0.767. The number of pyridine rings is 1. The van der Waals surface area contributed by atoms with Crippen LogP contribution in [0.1, 0.15) is 32.1 Å². The van der Waals surface area contributed by atoms with E-state index in [1.54, 1.807) is 12.4 Å². The molecule has 1 rings (SSSR count). The molecule has 0 aliphatic heterocycles. The summed E-state index contributed by atoms with van der Waals surface area (Å²) in [7, 11) is 0. The average Bonchev–Trinajstić information content (AvgIpc) is 2.30. The SMILES string of the molecule is O=C(CCCCCCS)Nc1cccnc1. The molecule has 3 nitrogen and oxygen atoms in total. The molecule has 1 heterocycles. The monoisotopic (exact) mass is 238 g/mol. The number of rotatable bonds is 7. The number of unbranched alkanes of at least 4 members (excludes halogenated alkanes) is 3. The molecule has 0 radical (unpaired) electrons. The van der Waals surface area contributed by atoms with Gasteiger partial charge >= 0.3 is 0 Å². The molecule has 0 unspecified atom stereocenters. The molecular formula is C12H18N2OS. The number of hydrogen-bond donors (Lipinski definition) is 2. The van der Waals surface area contributed by atoms with Gasteiger partial charge in [0.15, 0.2) is 0 Å². The molecule has 0 saturated carbocycles. The van der Waals surface area contributed by atoms with Gasteiger partial charge in [0, 0.05) is 12.6 Å². The van der Waals surface area contributed by atoms with E-state index in [9.17, 15) is 4.79 Å². The van der Waals surface area contributed by atoms with E-state index in [-0.39, 0.29) is 5.91 Å². The zero-order chi connectivity index (χ0) is 11.6. The van der Waals surface area contributed by atoms with Crippen LogP contribution in [0.3, 0.4) is 0 Å². The summed E-state index contributed by atoms with van der Waals surface area (Å²) in [4.78, 5) is 15.4. The van der Waals surface area contributed by atoms with Gasteiger partial charge in [0.05, 0.1) is 11.9 Å². The first-order valence-corrected chi connectivity index (χ1v) is 6.27. The third kappa shape index (κ3) is 5.75. The van der Waals surface area contributed by atoms with Crippen LogP contribution in [-0.2, 0) is 4.79 Å². The molecule has 88 valence electrons. The largest absolute Gasteiger partial charge is 0.325 e. The van der Waals surface area contributed by atoms with Crippen LogP contribution in [0.5, 0.6) is 0 Å². The summed E-state index contributed by atoms with van der Waals surface area (Å²) >= 11 is 4.14. The van der Waals surface area contributed by atoms with Crippen LogP contribution in [0, 0.1) is 0 Å². The van der Waals surface area contributed by atoms with Crippen molar-refractivity contribution in [2.45, 2.75) is 32.1 Å². The van der Waals surface area contributed by atoms with E-state index >= 15 is 0 Å². The Balaban J connectivity index is 2.12. The number of carbonyl (C=O) groups is 1. The number of carbonyl (C=O) groups excluding carboxylic acids is 1. The average molecular weight is 238 g/mol. The van der Waals surface area contributed by atoms with Gasteiger partial charge in [-0.2, -0.15) is 12.6 Å². The summed E-state index contributed by atoms with van der Waals surface area (Å²) in [5.74, 6) is 1.00. The zero-order valence-corrected chi connectivity index (χ0v) is 10.2. The molecule has 0 saturated heterocycles. The molecule has 0 aromatic carbocycles. The fraction of sp³-hybridized carbons (Fsp3) is 0.500. The highest BCUT2D eigenvalue weighted by molar-refractivity contribution is 7.80. The Bertz CT molecular complexity index is 303. The van der Waals surface area contributed by atoms with Gasteiger partial charge in [0.2, 0.25) is 5.91 Å². The number of aromatic nitrogens is 1. The second-order valence-corrected chi connectivity index (χ2v) is 4.12. The second-order valence-electron chi connectivity index (χ2n) is 3.68. The predicted octanol–water partition coefficient (Wildman–Crippen LogP) is 2.90. The summed E-state index contributed by atoms with van der Waals surface area (Å²) < 4.78 is 0. The lowest BCUT2D eigenvalue weighted by atomic mass is 10.1. The molecule has 0 fully saturated rings. The smallest absolute Gasteiger partial charge is 0.224 e. The van der Waals surface area contributed by atoms with E-state index in [1.807, 2.05) is 12.1 Å². The topological polar surface area (TPSA) is 42.0 Å². The molecule has 0 aliphatic rings. The van der Waals surface area contributed by atoms with Gasteiger partial charge in [0.25, 0.3) is 0 Å². The maximum atomic E-state index is 11.5. The molecular weight excluding hydrogens is 220 g/mol. The van der Waals surface area contributed by atoms with Crippen molar-refractivity contribution in [3.63, 3.8) is 0 Å².